The number of carbonyl (C=O) groups excluding carboxylic acids is 1. The minimum atomic E-state index is -0.786. The van der Waals surface area contributed by atoms with Gasteiger partial charge in [0.25, 0.3) is 5.91 Å². The Morgan fingerprint density at radius 2 is 2.32 bits per heavy atom. The summed E-state index contributed by atoms with van der Waals surface area (Å²) in [7, 11) is 0. The number of carbonyl (C=O) groups is 2. The smallest absolute Gasteiger partial charge is 0.311 e. The number of likely N-dealkylation sites (tertiary alicyclic amines) is 1. The van der Waals surface area contributed by atoms with Crippen LogP contribution in [0.25, 0.3) is 0 Å². The zero-order chi connectivity index (χ0) is 14.0. The van der Waals surface area contributed by atoms with Gasteiger partial charge >= 0.3 is 5.97 Å². The fraction of sp³-hybridized carbons (Fsp3) is 0.615. The van der Waals surface area contributed by atoms with Crippen LogP contribution in [0.4, 0.5) is 0 Å². The van der Waals surface area contributed by atoms with Gasteiger partial charge in [0.2, 0.25) is 0 Å². The number of thiazole rings is 1. The molecule has 1 atom stereocenters. The number of carboxylic acid groups (broad SMARTS) is 1. The van der Waals surface area contributed by atoms with Crippen LogP contribution in [0.5, 0.6) is 0 Å². The first-order valence-corrected chi connectivity index (χ1v) is 7.31. The van der Waals surface area contributed by atoms with Crippen LogP contribution in [0.2, 0.25) is 0 Å². The van der Waals surface area contributed by atoms with Crippen molar-refractivity contribution in [3.8, 4) is 0 Å². The van der Waals surface area contributed by atoms with Crippen molar-refractivity contribution < 1.29 is 14.7 Å². The van der Waals surface area contributed by atoms with Crippen molar-refractivity contribution in [2.24, 2.45) is 5.41 Å². The van der Waals surface area contributed by atoms with Crippen molar-refractivity contribution in [3.63, 3.8) is 0 Å². The summed E-state index contributed by atoms with van der Waals surface area (Å²) in [5.74, 6) is -0.870. The van der Waals surface area contributed by atoms with Crippen molar-refractivity contribution in [3.05, 3.63) is 16.1 Å². The number of amides is 1. The fourth-order valence-electron chi connectivity index (χ4n) is 2.66. The highest BCUT2D eigenvalue weighted by Gasteiger charge is 2.45. The fourth-order valence-corrected chi connectivity index (χ4v) is 3.43. The van der Waals surface area contributed by atoms with Gasteiger partial charge in [-0.15, -0.1) is 11.3 Å². The van der Waals surface area contributed by atoms with Gasteiger partial charge in [-0.1, -0.05) is 13.3 Å². The number of nitrogens with zero attached hydrogens (tertiary/aromatic N) is 2. The first-order valence-electron chi connectivity index (χ1n) is 6.43. The number of aliphatic carboxylic acids is 1. The Morgan fingerprint density at radius 1 is 1.58 bits per heavy atom. The summed E-state index contributed by atoms with van der Waals surface area (Å²) in [5.41, 5.74) is 1.61. The number of aromatic nitrogens is 1. The average Bonchev–Trinajstić information content (AvgIpc) is 2.96. The van der Waals surface area contributed by atoms with Gasteiger partial charge in [-0.3, -0.25) is 9.59 Å². The molecule has 104 valence electrons. The lowest BCUT2D eigenvalue weighted by Gasteiger charge is -2.24. The third kappa shape index (κ3) is 2.49. The lowest BCUT2D eigenvalue weighted by molar-refractivity contribution is -0.148. The topological polar surface area (TPSA) is 70.5 Å². The van der Waals surface area contributed by atoms with E-state index in [0.717, 1.165) is 12.1 Å². The molecule has 1 unspecified atom stereocenters. The van der Waals surface area contributed by atoms with Crippen LogP contribution in [0, 0.1) is 12.3 Å². The molecule has 2 heterocycles. The minimum absolute atomic E-state index is 0.0840. The number of aryl methyl sites for hydroxylation is 1. The largest absolute Gasteiger partial charge is 0.481 e. The third-order valence-corrected chi connectivity index (χ3v) is 4.68. The summed E-state index contributed by atoms with van der Waals surface area (Å²) >= 11 is 1.32. The van der Waals surface area contributed by atoms with Crippen LogP contribution in [0.15, 0.2) is 5.51 Å². The first-order chi connectivity index (χ1) is 9.00. The van der Waals surface area contributed by atoms with E-state index in [-0.39, 0.29) is 5.91 Å². The van der Waals surface area contributed by atoms with Gasteiger partial charge in [-0.2, -0.15) is 0 Å². The standard InChI is InChI=1S/C13H18N2O3S/c1-3-4-13(12(17)18)5-6-15(7-13)11(16)10-9(2)14-8-19-10/h8H,3-7H2,1-2H3,(H,17,18). The van der Waals surface area contributed by atoms with E-state index in [2.05, 4.69) is 4.98 Å². The molecule has 0 aliphatic carbocycles. The Bertz CT molecular complexity index is 500. The molecule has 0 aromatic carbocycles. The molecule has 0 saturated carbocycles. The molecule has 1 aromatic heterocycles. The molecule has 1 aliphatic rings. The van der Waals surface area contributed by atoms with Gasteiger partial charge in [0.05, 0.1) is 16.6 Å². The van der Waals surface area contributed by atoms with E-state index in [1.54, 1.807) is 17.3 Å². The molecule has 1 N–H and O–H groups in total. The van der Waals surface area contributed by atoms with E-state index in [0.29, 0.717) is 30.8 Å². The van der Waals surface area contributed by atoms with Crippen LogP contribution in [0.3, 0.4) is 0 Å². The summed E-state index contributed by atoms with van der Waals surface area (Å²) < 4.78 is 0. The Balaban J connectivity index is 2.15. The van der Waals surface area contributed by atoms with E-state index in [4.69, 9.17) is 0 Å². The first kappa shape index (κ1) is 14.0. The van der Waals surface area contributed by atoms with Crippen LogP contribution in [-0.4, -0.2) is 40.0 Å². The van der Waals surface area contributed by atoms with Crippen molar-refractivity contribution in [2.45, 2.75) is 33.1 Å². The maximum absolute atomic E-state index is 12.3. The molecule has 0 radical (unpaired) electrons. The van der Waals surface area contributed by atoms with Crippen molar-refractivity contribution in [2.75, 3.05) is 13.1 Å². The van der Waals surface area contributed by atoms with E-state index in [1.165, 1.54) is 11.3 Å². The molecule has 5 nitrogen and oxygen atoms in total. The molecule has 1 aromatic rings. The Kier molecular flexibility index (Phi) is 3.89. The summed E-state index contributed by atoms with van der Waals surface area (Å²) in [6.07, 6.45) is 1.97. The van der Waals surface area contributed by atoms with Crippen molar-refractivity contribution >= 4 is 23.2 Å². The molecule has 1 saturated heterocycles. The molecule has 2 rings (SSSR count). The predicted molar refractivity (Wildman–Crippen MR) is 72.3 cm³/mol. The SMILES string of the molecule is CCCC1(C(=O)O)CCN(C(=O)c2scnc2C)C1. The van der Waals surface area contributed by atoms with Crippen molar-refractivity contribution in [1.82, 2.24) is 9.88 Å². The molecule has 0 spiro atoms. The Hall–Kier alpha value is -1.43. The predicted octanol–water partition coefficient (Wildman–Crippen LogP) is 2.17. The molecular weight excluding hydrogens is 264 g/mol. The van der Waals surface area contributed by atoms with Crippen LogP contribution < -0.4 is 0 Å². The molecule has 1 amide bonds. The molecule has 19 heavy (non-hydrogen) atoms. The van der Waals surface area contributed by atoms with E-state index in [1.807, 2.05) is 6.92 Å². The number of hydrogen-bond acceptors (Lipinski definition) is 4. The number of hydrogen-bond donors (Lipinski definition) is 1. The number of rotatable bonds is 4. The van der Waals surface area contributed by atoms with E-state index in [9.17, 15) is 14.7 Å². The maximum Gasteiger partial charge on any atom is 0.311 e. The van der Waals surface area contributed by atoms with Gasteiger partial charge in [-0.05, 0) is 19.8 Å². The average molecular weight is 282 g/mol. The van der Waals surface area contributed by atoms with Gasteiger partial charge in [0, 0.05) is 13.1 Å². The maximum atomic E-state index is 12.3. The lowest BCUT2D eigenvalue weighted by Crippen LogP contribution is -2.36. The molecular formula is C13H18N2O3S. The molecule has 1 aliphatic heterocycles. The second-order valence-electron chi connectivity index (χ2n) is 5.08. The van der Waals surface area contributed by atoms with Crippen molar-refractivity contribution in [1.29, 1.82) is 0 Å². The second kappa shape index (κ2) is 5.28. The van der Waals surface area contributed by atoms with Gasteiger partial charge < -0.3 is 10.0 Å². The lowest BCUT2D eigenvalue weighted by atomic mass is 9.83. The highest BCUT2D eigenvalue weighted by Crippen LogP contribution is 2.36. The summed E-state index contributed by atoms with van der Waals surface area (Å²) in [6.45, 7) is 4.60. The van der Waals surface area contributed by atoms with Gasteiger partial charge in [-0.25, -0.2) is 4.98 Å². The van der Waals surface area contributed by atoms with E-state index >= 15 is 0 Å². The normalized spacial score (nSPS) is 22.7. The number of carboxylic acids is 1. The van der Waals surface area contributed by atoms with Crippen LogP contribution in [-0.2, 0) is 4.79 Å². The summed E-state index contributed by atoms with van der Waals surface area (Å²) in [6, 6.07) is 0. The van der Waals surface area contributed by atoms with Crippen LogP contribution in [0.1, 0.15) is 41.6 Å². The monoisotopic (exact) mass is 282 g/mol. The Labute approximate surface area is 116 Å². The zero-order valence-corrected chi connectivity index (χ0v) is 12.0. The van der Waals surface area contributed by atoms with Crippen LogP contribution >= 0.6 is 11.3 Å². The minimum Gasteiger partial charge on any atom is -0.481 e. The zero-order valence-electron chi connectivity index (χ0n) is 11.2. The second-order valence-corrected chi connectivity index (χ2v) is 5.93. The summed E-state index contributed by atoms with van der Waals surface area (Å²) in [5, 5.41) is 9.43. The third-order valence-electron chi connectivity index (χ3n) is 3.76. The summed E-state index contributed by atoms with van der Waals surface area (Å²) in [4.78, 5) is 30.2. The molecule has 1 fully saturated rings. The highest BCUT2D eigenvalue weighted by molar-refractivity contribution is 7.11. The van der Waals surface area contributed by atoms with Gasteiger partial charge in [0.1, 0.15) is 4.88 Å². The van der Waals surface area contributed by atoms with Gasteiger partial charge in [0.15, 0.2) is 0 Å². The molecule has 0 bridgehead atoms. The van der Waals surface area contributed by atoms with E-state index < -0.39 is 11.4 Å². The Morgan fingerprint density at radius 3 is 2.84 bits per heavy atom. The highest BCUT2D eigenvalue weighted by atomic mass is 32.1. The quantitative estimate of drug-likeness (QED) is 0.918. The molecule has 6 heteroatoms.